The first kappa shape index (κ1) is 31.7. The Bertz CT molecular complexity index is 1070. The molecule has 41 heavy (non-hydrogen) atoms. The van der Waals surface area contributed by atoms with Crippen molar-refractivity contribution in [3.8, 4) is 0 Å². The number of hydrogen-bond acceptors (Lipinski definition) is 7. The van der Waals surface area contributed by atoms with Gasteiger partial charge in [0.25, 0.3) is 0 Å². The lowest BCUT2D eigenvalue weighted by molar-refractivity contribution is 0.0288. The number of amides is 3. The largest absolute Gasteiger partial charge is 0.445 e. The van der Waals surface area contributed by atoms with E-state index in [2.05, 4.69) is 16.0 Å². The first-order chi connectivity index (χ1) is 19.7. The van der Waals surface area contributed by atoms with E-state index >= 15 is 0 Å². The van der Waals surface area contributed by atoms with Gasteiger partial charge in [0.05, 0.1) is 0 Å². The average molecular weight is 569 g/mol. The first-order valence-corrected chi connectivity index (χ1v) is 14.3. The molecule has 2 aliphatic rings. The quantitative estimate of drug-likeness (QED) is 0.396. The number of carbonyl (C=O) groups excluding carboxylic acids is 3. The van der Waals surface area contributed by atoms with Gasteiger partial charge in [-0.3, -0.25) is 0 Å². The summed E-state index contributed by atoms with van der Waals surface area (Å²) in [5.74, 6) is 0.765. The minimum Gasteiger partial charge on any atom is -0.445 e. The highest BCUT2D eigenvalue weighted by Gasteiger charge is 2.30. The molecule has 10 nitrogen and oxygen atoms in total. The van der Waals surface area contributed by atoms with Crippen LogP contribution >= 0.6 is 0 Å². The van der Waals surface area contributed by atoms with Gasteiger partial charge in [-0.15, -0.1) is 0 Å². The zero-order valence-electron chi connectivity index (χ0n) is 24.4. The van der Waals surface area contributed by atoms with Crippen molar-refractivity contribution in [3.05, 3.63) is 71.8 Å². The van der Waals surface area contributed by atoms with Crippen LogP contribution in [-0.4, -0.2) is 68.0 Å². The van der Waals surface area contributed by atoms with E-state index in [9.17, 15) is 14.4 Å². The van der Waals surface area contributed by atoms with Crippen molar-refractivity contribution in [2.45, 2.75) is 52.4 Å². The van der Waals surface area contributed by atoms with Gasteiger partial charge < -0.3 is 35.1 Å². The van der Waals surface area contributed by atoms with Crippen molar-refractivity contribution in [2.75, 3.05) is 39.3 Å². The molecule has 2 aliphatic heterocycles. The molecular weight excluding hydrogens is 524 g/mol. The molecule has 0 saturated carbocycles. The van der Waals surface area contributed by atoms with Gasteiger partial charge in [0, 0.05) is 26.2 Å². The first-order valence-electron chi connectivity index (χ1n) is 14.3. The summed E-state index contributed by atoms with van der Waals surface area (Å²) >= 11 is 0. The number of ether oxygens (including phenoxy) is 3. The van der Waals surface area contributed by atoms with E-state index in [1.54, 1.807) is 4.90 Å². The van der Waals surface area contributed by atoms with Crippen LogP contribution < -0.4 is 16.0 Å². The second-order valence-corrected chi connectivity index (χ2v) is 11.3. The maximum absolute atomic E-state index is 12.0. The Labute approximate surface area is 243 Å². The molecule has 2 saturated heterocycles. The SMILES string of the molecule is CC(C)(C)OC(=O)N1CC[C@@H](CNC(=O)OCc2ccccc2)C1.O=C(NC[C@@H]1CCNC1)OCc1ccccc1. The lowest BCUT2D eigenvalue weighted by Crippen LogP contribution is -2.36. The summed E-state index contributed by atoms with van der Waals surface area (Å²) in [4.78, 5) is 36.8. The predicted octanol–water partition coefficient (Wildman–Crippen LogP) is 4.69. The van der Waals surface area contributed by atoms with Crippen LogP contribution in [0.2, 0.25) is 0 Å². The van der Waals surface area contributed by atoms with Crippen LogP contribution in [-0.2, 0) is 27.4 Å². The van der Waals surface area contributed by atoms with Crippen molar-refractivity contribution in [1.29, 1.82) is 0 Å². The molecule has 3 N–H and O–H groups in total. The van der Waals surface area contributed by atoms with E-state index in [1.807, 2.05) is 81.4 Å². The van der Waals surface area contributed by atoms with Crippen LogP contribution in [0.25, 0.3) is 0 Å². The van der Waals surface area contributed by atoms with E-state index in [1.165, 1.54) is 0 Å². The molecule has 4 rings (SSSR count). The summed E-state index contributed by atoms with van der Waals surface area (Å²) in [5, 5.41) is 8.82. The fraction of sp³-hybridized carbons (Fsp3) is 0.516. The van der Waals surface area contributed by atoms with Gasteiger partial charge in [0.15, 0.2) is 0 Å². The minimum absolute atomic E-state index is 0.224. The number of carbonyl (C=O) groups is 3. The number of nitrogens with one attached hydrogen (secondary N) is 3. The van der Waals surface area contributed by atoms with Gasteiger partial charge in [0.1, 0.15) is 18.8 Å². The Hall–Kier alpha value is -3.79. The van der Waals surface area contributed by atoms with Crippen LogP contribution in [0.4, 0.5) is 14.4 Å². The van der Waals surface area contributed by atoms with Gasteiger partial charge in [-0.2, -0.15) is 0 Å². The fourth-order valence-electron chi connectivity index (χ4n) is 4.38. The molecule has 0 aromatic heterocycles. The Morgan fingerprint density at radius 3 is 1.85 bits per heavy atom. The van der Waals surface area contributed by atoms with Gasteiger partial charge in [-0.1, -0.05) is 60.7 Å². The summed E-state index contributed by atoms with van der Waals surface area (Å²) < 4.78 is 15.6. The van der Waals surface area contributed by atoms with Crippen molar-refractivity contribution < 1.29 is 28.6 Å². The summed E-state index contributed by atoms with van der Waals surface area (Å²) in [5.41, 5.74) is 1.46. The van der Waals surface area contributed by atoms with Crippen LogP contribution in [0, 0.1) is 11.8 Å². The Morgan fingerprint density at radius 1 is 0.829 bits per heavy atom. The number of rotatable bonds is 8. The van der Waals surface area contributed by atoms with Crippen molar-refractivity contribution in [1.82, 2.24) is 20.9 Å². The van der Waals surface area contributed by atoms with Crippen molar-refractivity contribution in [2.24, 2.45) is 11.8 Å². The Balaban J connectivity index is 0.000000239. The van der Waals surface area contributed by atoms with Gasteiger partial charge in [0.2, 0.25) is 0 Å². The van der Waals surface area contributed by atoms with Gasteiger partial charge in [-0.25, -0.2) is 14.4 Å². The summed E-state index contributed by atoms with van der Waals surface area (Å²) in [6.07, 6.45) is 0.906. The Morgan fingerprint density at radius 2 is 1.37 bits per heavy atom. The average Bonchev–Trinajstić information content (AvgIpc) is 3.66. The van der Waals surface area contributed by atoms with E-state index in [0.717, 1.165) is 37.1 Å². The second kappa shape index (κ2) is 16.5. The lowest BCUT2D eigenvalue weighted by Gasteiger charge is -2.24. The smallest absolute Gasteiger partial charge is 0.410 e. The molecule has 0 bridgehead atoms. The minimum atomic E-state index is -0.491. The summed E-state index contributed by atoms with van der Waals surface area (Å²) in [7, 11) is 0. The molecule has 2 aromatic carbocycles. The van der Waals surface area contributed by atoms with Gasteiger partial charge in [-0.05, 0) is 69.7 Å². The van der Waals surface area contributed by atoms with E-state index < -0.39 is 11.7 Å². The number of alkyl carbamates (subject to hydrolysis) is 2. The molecule has 2 aromatic rings. The van der Waals surface area contributed by atoms with E-state index in [-0.39, 0.29) is 24.7 Å². The van der Waals surface area contributed by atoms with Crippen LogP contribution in [0.5, 0.6) is 0 Å². The molecule has 0 aliphatic carbocycles. The maximum atomic E-state index is 12.0. The fourth-order valence-corrected chi connectivity index (χ4v) is 4.38. The predicted molar refractivity (Wildman–Crippen MR) is 156 cm³/mol. The number of likely N-dealkylation sites (tertiary alicyclic amines) is 1. The zero-order chi connectivity index (χ0) is 29.5. The number of benzene rings is 2. The number of nitrogens with zero attached hydrogens (tertiary/aromatic N) is 1. The summed E-state index contributed by atoms with van der Waals surface area (Å²) in [6, 6.07) is 19.2. The van der Waals surface area contributed by atoms with E-state index in [0.29, 0.717) is 38.7 Å². The molecule has 224 valence electrons. The zero-order valence-corrected chi connectivity index (χ0v) is 24.4. The number of hydrogen-bond donors (Lipinski definition) is 3. The van der Waals surface area contributed by atoms with Crippen LogP contribution in [0.1, 0.15) is 44.7 Å². The lowest BCUT2D eigenvalue weighted by atomic mass is 10.1. The molecule has 0 unspecified atom stereocenters. The molecule has 3 amide bonds. The Kier molecular flexibility index (Phi) is 12.7. The maximum Gasteiger partial charge on any atom is 0.410 e. The molecule has 10 heteroatoms. The standard InChI is InChI=1S/C18H26N2O4.C13H18N2O2/c1-18(2,3)24-17(22)20-10-9-15(12-20)11-19-16(21)23-13-14-7-5-4-6-8-14;16-13(15-9-12-6-7-14-8-12)17-10-11-4-2-1-3-5-11/h4-8,15H,9-13H2,1-3H3,(H,19,21);1-5,12,14H,6-10H2,(H,15,16)/t15-;12-/m01/s1. The van der Waals surface area contributed by atoms with Crippen molar-refractivity contribution in [3.63, 3.8) is 0 Å². The van der Waals surface area contributed by atoms with E-state index in [4.69, 9.17) is 14.2 Å². The third-order valence-corrected chi connectivity index (χ3v) is 6.60. The van der Waals surface area contributed by atoms with Crippen molar-refractivity contribution >= 4 is 18.3 Å². The third kappa shape index (κ3) is 12.9. The highest BCUT2D eigenvalue weighted by molar-refractivity contribution is 5.69. The molecule has 2 fully saturated rings. The molecule has 0 spiro atoms. The highest BCUT2D eigenvalue weighted by atomic mass is 16.6. The van der Waals surface area contributed by atoms with Crippen LogP contribution in [0.3, 0.4) is 0 Å². The summed E-state index contributed by atoms with van der Waals surface area (Å²) in [6.45, 7) is 10.6. The monoisotopic (exact) mass is 568 g/mol. The molecule has 2 heterocycles. The third-order valence-electron chi connectivity index (χ3n) is 6.60. The van der Waals surface area contributed by atoms with Crippen LogP contribution in [0.15, 0.2) is 60.7 Å². The highest BCUT2D eigenvalue weighted by Crippen LogP contribution is 2.19. The topological polar surface area (TPSA) is 118 Å². The molecular formula is C31H44N4O6. The molecule has 2 atom stereocenters. The second-order valence-electron chi connectivity index (χ2n) is 11.3. The van der Waals surface area contributed by atoms with Gasteiger partial charge >= 0.3 is 18.3 Å². The molecule has 0 radical (unpaired) electrons. The normalized spacial score (nSPS) is 18.1.